The Morgan fingerprint density at radius 3 is 2.30 bits per heavy atom. The minimum absolute atomic E-state index is 0.0966. The minimum atomic E-state index is -1.04. The van der Waals surface area contributed by atoms with Crippen LogP contribution in [0.2, 0.25) is 0 Å². The Hall–Kier alpha value is -1.81. The summed E-state index contributed by atoms with van der Waals surface area (Å²) in [5.74, 6) is -2.35. The van der Waals surface area contributed by atoms with E-state index in [1.165, 1.54) is 4.90 Å². The summed E-state index contributed by atoms with van der Waals surface area (Å²) in [5.41, 5.74) is 5.71. The van der Waals surface area contributed by atoms with Gasteiger partial charge in [-0.3, -0.25) is 14.4 Å². The van der Waals surface area contributed by atoms with E-state index in [1.807, 2.05) is 27.7 Å². The van der Waals surface area contributed by atoms with E-state index in [-0.39, 0.29) is 17.6 Å². The summed E-state index contributed by atoms with van der Waals surface area (Å²) in [4.78, 5) is 51.2. The van der Waals surface area contributed by atoms with Gasteiger partial charge in [0.05, 0.1) is 6.04 Å². The van der Waals surface area contributed by atoms with E-state index in [0.717, 1.165) is 0 Å². The van der Waals surface area contributed by atoms with Crippen LogP contribution in [0.1, 0.15) is 53.4 Å². The molecule has 1 fully saturated rings. The molecule has 0 aromatic carbocycles. The smallest absolute Gasteiger partial charge is 0.326 e. The van der Waals surface area contributed by atoms with Gasteiger partial charge in [0.15, 0.2) is 0 Å². The number of hydrogen-bond donors (Lipinski definition) is 5. The second kappa shape index (κ2) is 12.1. The highest BCUT2D eigenvalue weighted by Crippen LogP contribution is 2.20. The summed E-state index contributed by atoms with van der Waals surface area (Å²) in [7, 11) is 0. The van der Waals surface area contributed by atoms with Gasteiger partial charge in [-0.1, -0.05) is 34.1 Å². The summed E-state index contributed by atoms with van der Waals surface area (Å²) >= 11 is 4.01. The summed E-state index contributed by atoms with van der Waals surface area (Å²) in [6.45, 7) is 7.92. The Labute approximate surface area is 183 Å². The molecule has 0 spiro atoms. The van der Waals surface area contributed by atoms with E-state index >= 15 is 0 Å². The van der Waals surface area contributed by atoms with Crippen LogP contribution in [-0.2, 0) is 19.2 Å². The predicted molar refractivity (Wildman–Crippen MR) is 117 cm³/mol. The SMILES string of the molecule is CCC(C)C(NC(=O)C(N)CS)C(=O)NC(CC(C)C)C(=O)N1CCCC1C(=O)O. The van der Waals surface area contributed by atoms with Crippen molar-refractivity contribution < 1.29 is 24.3 Å². The Morgan fingerprint density at radius 2 is 1.80 bits per heavy atom. The van der Waals surface area contributed by atoms with Gasteiger partial charge in [0.25, 0.3) is 0 Å². The lowest BCUT2D eigenvalue weighted by Gasteiger charge is -2.31. The van der Waals surface area contributed by atoms with Crippen LogP contribution in [-0.4, -0.2) is 70.2 Å². The first-order valence-corrected chi connectivity index (χ1v) is 11.2. The standard InChI is InChI=1S/C20H36N4O5S/c1-5-12(4)16(23-17(25)13(21)10-30)18(26)22-14(9-11(2)3)19(27)24-8-6-7-15(24)20(28)29/h11-16,30H,5-10,21H2,1-4H3,(H,22,26)(H,23,25)(H,28,29). The normalized spacial score (nSPS) is 20.4. The Bertz CT molecular complexity index is 630. The molecule has 1 aliphatic heterocycles. The fourth-order valence-corrected chi connectivity index (χ4v) is 3.65. The molecule has 0 saturated carbocycles. The van der Waals surface area contributed by atoms with Crippen LogP contribution in [0.15, 0.2) is 0 Å². The molecular formula is C20H36N4O5S. The van der Waals surface area contributed by atoms with Gasteiger partial charge in [0, 0.05) is 12.3 Å². The number of likely N-dealkylation sites (tertiary alicyclic amines) is 1. The van der Waals surface area contributed by atoms with Crippen molar-refractivity contribution in [3.63, 3.8) is 0 Å². The number of carboxylic acids is 1. The zero-order chi connectivity index (χ0) is 23.0. The van der Waals surface area contributed by atoms with E-state index in [1.54, 1.807) is 0 Å². The van der Waals surface area contributed by atoms with Crippen molar-refractivity contribution in [2.75, 3.05) is 12.3 Å². The molecule has 5 atom stereocenters. The molecule has 5 unspecified atom stereocenters. The lowest BCUT2D eigenvalue weighted by atomic mass is 9.96. The maximum absolute atomic E-state index is 13.1. The van der Waals surface area contributed by atoms with Crippen LogP contribution in [0.25, 0.3) is 0 Å². The van der Waals surface area contributed by atoms with Crippen molar-refractivity contribution >= 4 is 36.3 Å². The summed E-state index contributed by atoms with van der Waals surface area (Å²) in [6.07, 6.45) is 2.00. The zero-order valence-electron chi connectivity index (χ0n) is 18.3. The number of rotatable bonds is 11. The Kier molecular flexibility index (Phi) is 10.6. The van der Waals surface area contributed by atoms with Crippen LogP contribution in [0.3, 0.4) is 0 Å². The number of aliphatic carboxylic acids is 1. The van der Waals surface area contributed by atoms with E-state index in [9.17, 15) is 24.3 Å². The van der Waals surface area contributed by atoms with Crippen molar-refractivity contribution in [3.8, 4) is 0 Å². The van der Waals surface area contributed by atoms with Gasteiger partial charge in [-0.15, -0.1) is 0 Å². The third-order valence-corrected chi connectivity index (χ3v) is 5.86. The molecule has 1 aliphatic rings. The molecule has 9 nitrogen and oxygen atoms in total. The molecule has 1 saturated heterocycles. The highest BCUT2D eigenvalue weighted by molar-refractivity contribution is 7.80. The fourth-order valence-electron chi connectivity index (χ4n) is 3.49. The monoisotopic (exact) mass is 444 g/mol. The first-order chi connectivity index (χ1) is 14.0. The number of amides is 3. The highest BCUT2D eigenvalue weighted by atomic mass is 32.1. The number of thiol groups is 1. The predicted octanol–water partition coefficient (Wildman–Crippen LogP) is 0.381. The van der Waals surface area contributed by atoms with Crippen LogP contribution in [0.4, 0.5) is 0 Å². The van der Waals surface area contributed by atoms with Crippen LogP contribution in [0.5, 0.6) is 0 Å². The first kappa shape index (κ1) is 26.2. The molecule has 0 aromatic rings. The number of carboxylic acid groups (broad SMARTS) is 1. The van der Waals surface area contributed by atoms with E-state index in [4.69, 9.17) is 5.73 Å². The third-order valence-electron chi connectivity index (χ3n) is 5.47. The van der Waals surface area contributed by atoms with E-state index in [0.29, 0.717) is 32.2 Å². The average molecular weight is 445 g/mol. The van der Waals surface area contributed by atoms with Crippen LogP contribution >= 0.6 is 12.6 Å². The molecule has 0 bridgehead atoms. The zero-order valence-corrected chi connectivity index (χ0v) is 19.2. The molecule has 10 heteroatoms. The molecular weight excluding hydrogens is 408 g/mol. The van der Waals surface area contributed by atoms with E-state index in [2.05, 4.69) is 23.3 Å². The number of nitrogens with zero attached hydrogens (tertiary/aromatic N) is 1. The Balaban J connectivity index is 3.02. The van der Waals surface area contributed by atoms with Crippen LogP contribution in [0, 0.1) is 11.8 Å². The van der Waals surface area contributed by atoms with Crippen molar-refractivity contribution in [1.82, 2.24) is 15.5 Å². The molecule has 5 N–H and O–H groups in total. The minimum Gasteiger partial charge on any atom is -0.480 e. The number of nitrogens with one attached hydrogen (secondary N) is 2. The van der Waals surface area contributed by atoms with Gasteiger partial charge in [0.1, 0.15) is 18.1 Å². The van der Waals surface area contributed by atoms with Gasteiger partial charge >= 0.3 is 5.97 Å². The maximum atomic E-state index is 13.1. The first-order valence-electron chi connectivity index (χ1n) is 10.5. The third kappa shape index (κ3) is 7.16. The number of hydrogen-bond acceptors (Lipinski definition) is 6. The maximum Gasteiger partial charge on any atom is 0.326 e. The molecule has 0 radical (unpaired) electrons. The summed E-state index contributed by atoms with van der Waals surface area (Å²) in [6, 6.07) is -3.44. The molecule has 1 rings (SSSR count). The molecule has 0 aliphatic carbocycles. The lowest BCUT2D eigenvalue weighted by molar-refractivity contribution is -0.149. The van der Waals surface area contributed by atoms with Crippen molar-refractivity contribution in [2.45, 2.75) is 77.5 Å². The summed E-state index contributed by atoms with van der Waals surface area (Å²) < 4.78 is 0. The molecule has 30 heavy (non-hydrogen) atoms. The number of carbonyl (C=O) groups excluding carboxylic acids is 3. The topological polar surface area (TPSA) is 142 Å². The molecule has 1 heterocycles. The number of carbonyl (C=O) groups is 4. The van der Waals surface area contributed by atoms with Crippen LogP contribution < -0.4 is 16.4 Å². The van der Waals surface area contributed by atoms with E-state index < -0.39 is 47.9 Å². The second-order valence-electron chi connectivity index (χ2n) is 8.38. The molecule has 3 amide bonds. The van der Waals surface area contributed by atoms with Crippen molar-refractivity contribution in [3.05, 3.63) is 0 Å². The average Bonchev–Trinajstić information content (AvgIpc) is 3.19. The van der Waals surface area contributed by atoms with Gasteiger partial charge in [-0.2, -0.15) is 12.6 Å². The highest BCUT2D eigenvalue weighted by Gasteiger charge is 2.39. The molecule has 172 valence electrons. The largest absolute Gasteiger partial charge is 0.480 e. The van der Waals surface area contributed by atoms with Crippen molar-refractivity contribution in [2.24, 2.45) is 17.6 Å². The number of nitrogens with two attached hydrogens (primary N) is 1. The van der Waals surface area contributed by atoms with Crippen molar-refractivity contribution in [1.29, 1.82) is 0 Å². The second-order valence-corrected chi connectivity index (χ2v) is 8.74. The molecule has 0 aromatic heterocycles. The summed E-state index contributed by atoms with van der Waals surface area (Å²) in [5, 5.41) is 14.8. The van der Waals surface area contributed by atoms with Gasteiger partial charge in [-0.25, -0.2) is 4.79 Å². The van der Waals surface area contributed by atoms with Gasteiger partial charge < -0.3 is 26.4 Å². The van der Waals surface area contributed by atoms with Gasteiger partial charge in [-0.05, 0) is 31.1 Å². The lowest BCUT2D eigenvalue weighted by Crippen LogP contribution is -2.59. The Morgan fingerprint density at radius 1 is 1.17 bits per heavy atom. The quantitative estimate of drug-likeness (QED) is 0.292. The van der Waals surface area contributed by atoms with Gasteiger partial charge in [0.2, 0.25) is 17.7 Å². The fraction of sp³-hybridized carbons (Fsp3) is 0.800.